The average molecular weight is 294 g/mol. The maximum Gasteiger partial charge on any atom is 0.0638 e. The molecule has 3 nitrogen and oxygen atoms in total. The Labute approximate surface area is 126 Å². The quantitative estimate of drug-likeness (QED) is 0.870. The van der Waals surface area contributed by atoms with Gasteiger partial charge in [-0.05, 0) is 30.5 Å². The van der Waals surface area contributed by atoms with Gasteiger partial charge in [-0.3, -0.25) is 9.80 Å². The first-order valence-corrected chi connectivity index (χ1v) is 8.10. The SMILES string of the molecule is Nc1ccc(CN2CCN(C3CCCC3)CC2)cc1Cl. The maximum absolute atomic E-state index is 6.09. The Balaban J connectivity index is 1.51. The zero-order chi connectivity index (χ0) is 13.9. The number of piperazine rings is 1. The number of anilines is 1. The van der Waals surface area contributed by atoms with Crippen molar-refractivity contribution in [3.63, 3.8) is 0 Å². The Hall–Kier alpha value is -0.770. The van der Waals surface area contributed by atoms with Crippen LogP contribution in [-0.2, 0) is 6.54 Å². The van der Waals surface area contributed by atoms with Crippen LogP contribution in [0.25, 0.3) is 0 Å². The number of halogens is 1. The van der Waals surface area contributed by atoms with Gasteiger partial charge in [0.2, 0.25) is 0 Å². The molecule has 4 heteroatoms. The van der Waals surface area contributed by atoms with Gasteiger partial charge in [0.15, 0.2) is 0 Å². The number of nitrogen functional groups attached to an aromatic ring is 1. The summed E-state index contributed by atoms with van der Waals surface area (Å²) >= 11 is 6.09. The molecule has 1 aliphatic carbocycles. The van der Waals surface area contributed by atoms with E-state index in [1.165, 1.54) is 57.4 Å². The first-order chi connectivity index (χ1) is 9.72. The van der Waals surface area contributed by atoms with Crippen molar-refractivity contribution in [1.82, 2.24) is 9.80 Å². The van der Waals surface area contributed by atoms with Gasteiger partial charge in [-0.15, -0.1) is 0 Å². The van der Waals surface area contributed by atoms with E-state index in [0.29, 0.717) is 10.7 Å². The second kappa shape index (κ2) is 6.33. The van der Waals surface area contributed by atoms with E-state index in [4.69, 9.17) is 17.3 Å². The molecule has 0 amide bonds. The standard InChI is InChI=1S/C16H24ClN3/c17-15-11-13(5-6-16(15)18)12-19-7-9-20(10-8-19)14-3-1-2-4-14/h5-6,11,14H,1-4,7-10,12,18H2. The van der Waals surface area contributed by atoms with E-state index in [1.54, 1.807) is 0 Å². The topological polar surface area (TPSA) is 32.5 Å². The van der Waals surface area contributed by atoms with Crippen LogP contribution in [0.2, 0.25) is 5.02 Å². The smallest absolute Gasteiger partial charge is 0.0638 e. The summed E-state index contributed by atoms with van der Waals surface area (Å²) < 4.78 is 0. The molecule has 0 spiro atoms. The molecule has 110 valence electrons. The molecule has 0 aromatic heterocycles. The lowest BCUT2D eigenvalue weighted by Crippen LogP contribution is -2.49. The van der Waals surface area contributed by atoms with Gasteiger partial charge in [0, 0.05) is 38.8 Å². The highest BCUT2D eigenvalue weighted by Gasteiger charge is 2.25. The molecule has 0 bridgehead atoms. The van der Waals surface area contributed by atoms with Gasteiger partial charge in [-0.2, -0.15) is 0 Å². The number of hydrogen-bond donors (Lipinski definition) is 1. The van der Waals surface area contributed by atoms with E-state index >= 15 is 0 Å². The predicted molar refractivity (Wildman–Crippen MR) is 85.0 cm³/mol. The second-order valence-corrected chi connectivity index (χ2v) is 6.51. The predicted octanol–water partition coefficient (Wildman–Crippen LogP) is 2.98. The van der Waals surface area contributed by atoms with Crippen LogP contribution in [0, 0.1) is 0 Å². The molecule has 2 N–H and O–H groups in total. The molecule has 1 saturated heterocycles. The normalized spacial score (nSPS) is 22.4. The summed E-state index contributed by atoms with van der Waals surface area (Å²) in [5.74, 6) is 0. The van der Waals surface area contributed by atoms with Crippen molar-refractivity contribution in [3.8, 4) is 0 Å². The molecule has 1 saturated carbocycles. The number of nitrogens with zero attached hydrogens (tertiary/aromatic N) is 2. The number of benzene rings is 1. The number of nitrogens with two attached hydrogens (primary N) is 1. The third-order valence-electron chi connectivity index (χ3n) is 4.72. The molecule has 20 heavy (non-hydrogen) atoms. The van der Waals surface area contributed by atoms with Crippen molar-refractivity contribution in [2.24, 2.45) is 0 Å². The van der Waals surface area contributed by atoms with Crippen LogP contribution in [0.4, 0.5) is 5.69 Å². The Morgan fingerprint density at radius 2 is 1.80 bits per heavy atom. The summed E-state index contributed by atoms with van der Waals surface area (Å²) in [7, 11) is 0. The summed E-state index contributed by atoms with van der Waals surface area (Å²) in [6.45, 7) is 5.75. The molecule has 2 aliphatic rings. The van der Waals surface area contributed by atoms with E-state index in [9.17, 15) is 0 Å². The molecule has 1 aromatic rings. The molecule has 3 rings (SSSR count). The number of rotatable bonds is 3. The maximum atomic E-state index is 6.09. The fourth-order valence-electron chi connectivity index (χ4n) is 3.48. The Morgan fingerprint density at radius 3 is 2.45 bits per heavy atom. The molecular formula is C16H24ClN3. The molecule has 1 heterocycles. The highest BCUT2D eigenvalue weighted by atomic mass is 35.5. The van der Waals surface area contributed by atoms with E-state index in [1.807, 2.05) is 12.1 Å². The van der Waals surface area contributed by atoms with E-state index in [0.717, 1.165) is 12.6 Å². The molecule has 0 unspecified atom stereocenters. The summed E-state index contributed by atoms with van der Waals surface area (Å²) in [6.07, 6.45) is 5.67. The van der Waals surface area contributed by atoms with E-state index < -0.39 is 0 Å². The van der Waals surface area contributed by atoms with Gasteiger partial charge in [0.25, 0.3) is 0 Å². The second-order valence-electron chi connectivity index (χ2n) is 6.11. The average Bonchev–Trinajstić information content (AvgIpc) is 2.98. The van der Waals surface area contributed by atoms with Crippen LogP contribution in [0.1, 0.15) is 31.2 Å². The van der Waals surface area contributed by atoms with Crippen molar-refractivity contribution in [1.29, 1.82) is 0 Å². The van der Waals surface area contributed by atoms with Gasteiger partial charge in [0.1, 0.15) is 0 Å². The summed E-state index contributed by atoms with van der Waals surface area (Å²) in [4.78, 5) is 5.22. The van der Waals surface area contributed by atoms with Crippen molar-refractivity contribution < 1.29 is 0 Å². The third-order valence-corrected chi connectivity index (χ3v) is 5.05. The lowest BCUT2D eigenvalue weighted by molar-refractivity contribution is 0.0937. The lowest BCUT2D eigenvalue weighted by atomic mass is 10.1. The van der Waals surface area contributed by atoms with Crippen LogP contribution in [0.5, 0.6) is 0 Å². The largest absolute Gasteiger partial charge is 0.398 e. The van der Waals surface area contributed by atoms with Crippen LogP contribution in [-0.4, -0.2) is 42.0 Å². The fourth-order valence-corrected chi connectivity index (χ4v) is 3.69. The summed E-state index contributed by atoms with van der Waals surface area (Å²) in [6, 6.07) is 6.86. The monoisotopic (exact) mass is 293 g/mol. The molecule has 1 aromatic carbocycles. The van der Waals surface area contributed by atoms with Crippen molar-refractivity contribution in [3.05, 3.63) is 28.8 Å². The Morgan fingerprint density at radius 1 is 1.10 bits per heavy atom. The zero-order valence-electron chi connectivity index (χ0n) is 12.0. The zero-order valence-corrected chi connectivity index (χ0v) is 12.8. The summed E-state index contributed by atoms with van der Waals surface area (Å²) in [5, 5.41) is 0.673. The van der Waals surface area contributed by atoms with E-state index in [-0.39, 0.29) is 0 Å². The van der Waals surface area contributed by atoms with Crippen LogP contribution < -0.4 is 5.73 Å². The van der Waals surface area contributed by atoms with Crippen molar-refractivity contribution >= 4 is 17.3 Å². The lowest BCUT2D eigenvalue weighted by Gasteiger charge is -2.38. The molecule has 2 fully saturated rings. The van der Waals surface area contributed by atoms with Gasteiger partial charge in [-0.1, -0.05) is 30.5 Å². The third kappa shape index (κ3) is 3.27. The highest BCUT2D eigenvalue weighted by molar-refractivity contribution is 6.33. The Bertz CT molecular complexity index is 449. The van der Waals surface area contributed by atoms with E-state index in [2.05, 4.69) is 15.9 Å². The molecule has 0 atom stereocenters. The van der Waals surface area contributed by atoms with Gasteiger partial charge in [0.05, 0.1) is 10.7 Å². The summed E-state index contributed by atoms with van der Waals surface area (Å²) in [5.41, 5.74) is 7.69. The van der Waals surface area contributed by atoms with Crippen molar-refractivity contribution in [2.45, 2.75) is 38.3 Å². The van der Waals surface area contributed by atoms with Gasteiger partial charge >= 0.3 is 0 Å². The van der Waals surface area contributed by atoms with Crippen LogP contribution in [0.15, 0.2) is 18.2 Å². The molecular weight excluding hydrogens is 270 g/mol. The minimum Gasteiger partial charge on any atom is -0.398 e. The minimum atomic E-state index is 0.668. The highest BCUT2D eigenvalue weighted by Crippen LogP contribution is 2.25. The van der Waals surface area contributed by atoms with Crippen molar-refractivity contribution in [2.75, 3.05) is 31.9 Å². The fraction of sp³-hybridized carbons (Fsp3) is 0.625. The Kier molecular flexibility index (Phi) is 4.49. The van der Waals surface area contributed by atoms with Crippen LogP contribution >= 0.6 is 11.6 Å². The van der Waals surface area contributed by atoms with Gasteiger partial charge in [-0.25, -0.2) is 0 Å². The minimum absolute atomic E-state index is 0.668. The number of hydrogen-bond acceptors (Lipinski definition) is 3. The molecule has 1 aliphatic heterocycles. The first kappa shape index (κ1) is 14.2. The first-order valence-electron chi connectivity index (χ1n) is 7.73. The van der Waals surface area contributed by atoms with Gasteiger partial charge < -0.3 is 5.73 Å². The molecule has 0 radical (unpaired) electrons. The van der Waals surface area contributed by atoms with Crippen LogP contribution in [0.3, 0.4) is 0 Å².